The molecule has 0 amide bonds. The van der Waals surface area contributed by atoms with Crippen LogP contribution in [0.5, 0.6) is 0 Å². The van der Waals surface area contributed by atoms with E-state index in [1.54, 1.807) is 13.0 Å². The number of aliphatic carboxylic acids is 1. The van der Waals surface area contributed by atoms with Crippen molar-refractivity contribution in [3.63, 3.8) is 0 Å². The Hall–Kier alpha value is -2.09. The number of nitrogens with zero attached hydrogens (tertiary/aromatic N) is 2. The van der Waals surface area contributed by atoms with Crippen LogP contribution < -0.4 is 5.32 Å². The van der Waals surface area contributed by atoms with Crippen LogP contribution in [0.25, 0.3) is 0 Å². The van der Waals surface area contributed by atoms with Crippen molar-refractivity contribution in [1.29, 1.82) is 0 Å². The van der Waals surface area contributed by atoms with Gasteiger partial charge in [-0.05, 0) is 19.2 Å². The van der Waals surface area contributed by atoms with E-state index >= 15 is 0 Å². The van der Waals surface area contributed by atoms with E-state index in [2.05, 4.69) is 20.0 Å². The minimum atomic E-state index is -1.37. The highest BCUT2D eigenvalue weighted by Crippen LogP contribution is 2.11. The van der Waals surface area contributed by atoms with Crippen LogP contribution >= 0.6 is 11.8 Å². The molecule has 8 heteroatoms. The van der Waals surface area contributed by atoms with Crippen molar-refractivity contribution in [2.75, 3.05) is 18.2 Å². The van der Waals surface area contributed by atoms with Crippen molar-refractivity contribution in [2.45, 2.75) is 12.1 Å². The highest BCUT2D eigenvalue weighted by Gasteiger charge is 2.18. The fourth-order valence-electron chi connectivity index (χ4n) is 1.08. The van der Waals surface area contributed by atoms with Gasteiger partial charge in [0.25, 0.3) is 0 Å². The molecule has 1 aromatic heterocycles. The summed E-state index contributed by atoms with van der Waals surface area (Å²) in [6.07, 6.45) is 4.39. The summed E-state index contributed by atoms with van der Waals surface area (Å²) < 4.78 is 4.63. The van der Waals surface area contributed by atoms with Gasteiger partial charge < -0.3 is 15.2 Å². The topological polar surface area (TPSA) is 101 Å². The Morgan fingerprint density at radius 2 is 2.32 bits per heavy atom. The highest BCUT2D eigenvalue weighted by atomic mass is 32.2. The molecule has 0 aliphatic rings. The monoisotopic (exact) mass is 283 g/mol. The molecule has 0 fully saturated rings. The Bertz CT molecular complexity index is 504. The Balaban J connectivity index is 2.85. The summed E-state index contributed by atoms with van der Waals surface area (Å²) >= 11 is 1.35. The van der Waals surface area contributed by atoms with Gasteiger partial charge in [-0.3, -0.25) is 0 Å². The second-order valence-electron chi connectivity index (χ2n) is 3.16. The van der Waals surface area contributed by atoms with Gasteiger partial charge in [-0.25, -0.2) is 19.6 Å². The van der Waals surface area contributed by atoms with Crippen molar-refractivity contribution in [2.24, 2.45) is 0 Å². The molecular formula is C11H13N3O4S. The number of nitrogens with one attached hydrogen (secondary N) is 1. The standard InChI is InChI=1S/C11H13N3O4S/c1-3-18-10(17)7(9(15)16)6-13-8-4-5-12-11(14-8)19-2/h4-6H,3H2,1-2H3,(H,15,16)(H,12,13,14). The van der Waals surface area contributed by atoms with E-state index in [9.17, 15) is 9.59 Å². The van der Waals surface area contributed by atoms with E-state index in [0.29, 0.717) is 11.0 Å². The maximum atomic E-state index is 11.4. The number of esters is 1. The number of carbonyl (C=O) groups is 2. The molecular weight excluding hydrogens is 270 g/mol. The molecule has 0 atom stereocenters. The number of thioether (sulfide) groups is 1. The normalized spacial score (nSPS) is 10.9. The molecule has 1 aromatic rings. The molecule has 2 N–H and O–H groups in total. The molecule has 0 unspecified atom stereocenters. The first kappa shape index (κ1) is 15.0. The van der Waals surface area contributed by atoms with E-state index in [1.807, 2.05) is 6.26 Å². The number of anilines is 1. The van der Waals surface area contributed by atoms with Crippen LogP contribution in [-0.4, -0.2) is 39.9 Å². The van der Waals surface area contributed by atoms with E-state index in [4.69, 9.17) is 5.11 Å². The Morgan fingerprint density at radius 1 is 1.58 bits per heavy atom. The van der Waals surface area contributed by atoms with Gasteiger partial charge in [0.05, 0.1) is 6.61 Å². The highest BCUT2D eigenvalue weighted by molar-refractivity contribution is 7.98. The molecule has 19 heavy (non-hydrogen) atoms. The predicted molar refractivity (Wildman–Crippen MR) is 69.8 cm³/mol. The minimum Gasteiger partial charge on any atom is -0.477 e. The summed E-state index contributed by atoms with van der Waals surface area (Å²) in [5.74, 6) is -1.88. The van der Waals surface area contributed by atoms with E-state index in [-0.39, 0.29) is 6.61 Å². The molecule has 102 valence electrons. The minimum absolute atomic E-state index is 0.105. The van der Waals surface area contributed by atoms with Gasteiger partial charge in [0.2, 0.25) is 0 Å². The lowest BCUT2D eigenvalue weighted by Gasteiger charge is -2.04. The summed E-state index contributed by atoms with van der Waals surface area (Å²) in [5.41, 5.74) is -0.494. The number of carboxylic acid groups (broad SMARTS) is 1. The third kappa shape index (κ3) is 4.59. The number of carboxylic acids is 1. The van der Waals surface area contributed by atoms with E-state index < -0.39 is 17.5 Å². The zero-order valence-corrected chi connectivity index (χ0v) is 11.2. The third-order valence-electron chi connectivity index (χ3n) is 1.91. The molecule has 0 aromatic carbocycles. The molecule has 0 bridgehead atoms. The predicted octanol–water partition coefficient (Wildman–Crippen LogP) is 1.14. The smallest absolute Gasteiger partial charge is 0.347 e. The molecule has 0 saturated heterocycles. The quantitative estimate of drug-likeness (QED) is 0.200. The van der Waals surface area contributed by atoms with Crippen molar-refractivity contribution in [3.05, 3.63) is 24.0 Å². The van der Waals surface area contributed by atoms with Crippen molar-refractivity contribution >= 4 is 29.5 Å². The van der Waals surface area contributed by atoms with Gasteiger partial charge in [0, 0.05) is 12.4 Å². The van der Waals surface area contributed by atoms with Crippen molar-refractivity contribution < 1.29 is 19.4 Å². The third-order valence-corrected chi connectivity index (χ3v) is 2.47. The molecule has 0 aliphatic carbocycles. The number of hydrogen-bond acceptors (Lipinski definition) is 7. The SMILES string of the molecule is CCOC(=O)C(=CNc1ccnc(SC)n1)C(=O)O. The Kier molecular flexibility index (Phi) is 5.80. The largest absolute Gasteiger partial charge is 0.477 e. The van der Waals surface area contributed by atoms with Gasteiger partial charge in [-0.15, -0.1) is 0 Å². The number of hydrogen-bond donors (Lipinski definition) is 2. The first-order valence-electron chi connectivity index (χ1n) is 5.32. The molecule has 1 rings (SSSR count). The fraction of sp³-hybridized carbons (Fsp3) is 0.273. The average Bonchev–Trinajstić information content (AvgIpc) is 2.39. The lowest BCUT2D eigenvalue weighted by molar-refractivity contribution is -0.143. The lowest BCUT2D eigenvalue weighted by Crippen LogP contribution is -2.16. The molecule has 0 aliphatic heterocycles. The molecule has 7 nitrogen and oxygen atoms in total. The number of carbonyl (C=O) groups excluding carboxylic acids is 1. The van der Waals surface area contributed by atoms with Crippen molar-refractivity contribution in [3.8, 4) is 0 Å². The number of ether oxygens (including phenoxy) is 1. The van der Waals surface area contributed by atoms with Crippen LogP contribution in [-0.2, 0) is 14.3 Å². The van der Waals surface area contributed by atoms with Crippen LogP contribution in [0.1, 0.15) is 6.92 Å². The first-order valence-corrected chi connectivity index (χ1v) is 6.55. The number of rotatable bonds is 6. The second-order valence-corrected chi connectivity index (χ2v) is 3.93. The molecule has 0 spiro atoms. The zero-order chi connectivity index (χ0) is 14.3. The molecule has 0 radical (unpaired) electrons. The summed E-state index contributed by atoms with van der Waals surface area (Å²) in [5, 5.41) is 12.1. The second kappa shape index (κ2) is 7.37. The molecule has 1 heterocycles. The summed E-state index contributed by atoms with van der Waals surface area (Å²) in [6, 6.07) is 1.56. The Labute approximate surface area is 114 Å². The van der Waals surface area contributed by atoms with Gasteiger partial charge in [-0.1, -0.05) is 11.8 Å². The van der Waals surface area contributed by atoms with E-state index in [0.717, 1.165) is 6.20 Å². The van der Waals surface area contributed by atoms with Gasteiger partial charge in [0.15, 0.2) is 10.7 Å². The summed E-state index contributed by atoms with van der Waals surface area (Å²) in [7, 11) is 0. The maximum Gasteiger partial charge on any atom is 0.347 e. The van der Waals surface area contributed by atoms with Crippen LogP contribution in [0.4, 0.5) is 5.82 Å². The van der Waals surface area contributed by atoms with Gasteiger partial charge in [0.1, 0.15) is 5.82 Å². The maximum absolute atomic E-state index is 11.4. The van der Waals surface area contributed by atoms with E-state index in [1.165, 1.54) is 18.0 Å². The van der Waals surface area contributed by atoms with Crippen LogP contribution in [0.15, 0.2) is 29.2 Å². The molecule has 0 saturated carbocycles. The summed E-state index contributed by atoms with van der Waals surface area (Å²) in [4.78, 5) is 30.3. The first-order chi connectivity index (χ1) is 9.08. The Morgan fingerprint density at radius 3 is 2.89 bits per heavy atom. The van der Waals surface area contributed by atoms with Crippen molar-refractivity contribution in [1.82, 2.24) is 9.97 Å². The van der Waals surface area contributed by atoms with Crippen LogP contribution in [0, 0.1) is 0 Å². The summed E-state index contributed by atoms with van der Waals surface area (Å²) in [6.45, 7) is 1.70. The average molecular weight is 283 g/mol. The lowest BCUT2D eigenvalue weighted by atomic mass is 10.3. The van der Waals surface area contributed by atoms with Gasteiger partial charge in [-0.2, -0.15) is 0 Å². The zero-order valence-electron chi connectivity index (χ0n) is 10.4. The van der Waals surface area contributed by atoms with Crippen LogP contribution in [0.2, 0.25) is 0 Å². The van der Waals surface area contributed by atoms with Crippen LogP contribution in [0.3, 0.4) is 0 Å². The number of aromatic nitrogens is 2. The van der Waals surface area contributed by atoms with Gasteiger partial charge >= 0.3 is 11.9 Å². The fourth-order valence-corrected chi connectivity index (χ4v) is 1.44.